The van der Waals surface area contributed by atoms with Gasteiger partial charge in [0.1, 0.15) is 5.69 Å². The van der Waals surface area contributed by atoms with E-state index >= 15 is 0 Å². The number of anilines is 1. The Morgan fingerprint density at radius 3 is 2.72 bits per heavy atom. The van der Waals surface area contributed by atoms with Gasteiger partial charge in [-0.3, -0.25) is 9.78 Å². The van der Waals surface area contributed by atoms with E-state index in [1.807, 2.05) is 13.0 Å². The molecule has 1 atom stereocenters. The Morgan fingerprint density at radius 1 is 1.39 bits per heavy atom. The normalized spacial score (nSPS) is 12.3. The fourth-order valence-corrected chi connectivity index (χ4v) is 1.38. The predicted octanol–water partition coefficient (Wildman–Crippen LogP) is 2.68. The Labute approximate surface area is 109 Å². The maximum atomic E-state index is 12.0. The molecule has 0 aliphatic heterocycles. The average Bonchev–Trinajstić information content (AvgIpc) is 2.36. The van der Waals surface area contributed by atoms with Gasteiger partial charge in [0.05, 0.1) is 0 Å². The molecule has 0 saturated heterocycles. The molecule has 0 spiro atoms. The van der Waals surface area contributed by atoms with Crippen molar-refractivity contribution >= 4 is 11.6 Å². The quantitative estimate of drug-likeness (QED) is 0.815. The summed E-state index contributed by atoms with van der Waals surface area (Å²) in [6, 6.07) is 3.81. The number of rotatable bonds is 6. The third-order valence-electron chi connectivity index (χ3n) is 2.93. The first-order valence-electron chi connectivity index (χ1n) is 6.55. The lowest BCUT2D eigenvalue weighted by Crippen LogP contribution is -2.36. The smallest absolute Gasteiger partial charge is 0.270 e. The summed E-state index contributed by atoms with van der Waals surface area (Å²) in [6.07, 6.45) is 2.71. The van der Waals surface area contributed by atoms with Crippen molar-refractivity contribution in [2.45, 2.75) is 40.2 Å². The number of carbonyl (C=O) groups excluding carboxylic acids is 1. The molecular formula is C14H23N3O. The van der Waals surface area contributed by atoms with E-state index in [0.29, 0.717) is 11.6 Å². The van der Waals surface area contributed by atoms with Crippen molar-refractivity contribution in [3.05, 3.63) is 24.0 Å². The molecule has 1 amide bonds. The van der Waals surface area contributed by atoms with Gasteiger partial charge in [0.15, 0.2) is 0 Å². The van der Waals surface area contributed by atoms with Crippen molar-refractivity contribution in [1.82, 2.24) is 10.3 Å². The third kappa shape index (κ3) is 4.35. The molecule has 4 heteroatoms. The van der Waals surface area contributed by atoms with E-state index in [-0.39, 0.29) is 11.9 Å². The van der Waals surface area contributed by atoms with Crippen molar-refractivity contribution in [2.24, 2.45) is 5.92 Å². The highest BCUT2D eigenvalue weighted by Crippen LogP contribution is 2.09. The first kappa shape index (κ1) is 14.5. The number of nitrogens with zero attached hydrogens (tertiary/aromatic N) is 1. The van der Waals surface area contributed by atoms with Crippen molar-refractivity contribution < 1.29 is 4.79 Å². The minimum atomic E-state index is -0.114. The lowest BCUT2D eigenvalue weighted by molar-refractivity contribution is 0.0925. The number of hydrogen-bond acceptors (Lipinski definition) is 3. The first-order chi connectivity index (χ1) is 8.54. The van der Waals surface area contributed by atoms with E-state index in [2.05, 4.69) is 36.4 Å². The summed E-state index contributed by atoms with van der Waals surface area (Å²) < 4.78 is 0. The Hall–Kier alpha value is -1.58. The first-order valence-corrected chi connectivity index (χ1v) is 6.55. The molecule has 1 rings (SSSR count). The topological polar surface area (TPSA) is 54.0 Å². The molecule has 18 heavy (non-hydrogen) atoms. The molecule has 0 radical (unpaired) electrons. The zero-order valence-electron chi connectivity index (χ0n) is 11.7. The highest BCUT2D eigenvalue weighted by molar-refractivity contribution is 5.93. The summed E-state index contributed by atoms with van der Waals surface area (Å²) in [7, 11) is 0. The van der Waals surface area contributed by atoms with Gasteiger partial charge in [-0.15, -0.1) is 0 Å². The molecular weight excluding hydrogens is 226 g/mol. The van der Waals surface area contributed by atoms with Crippen LogP contribution in [0.5, 0.6) is 0 Å². The van der Waals surface area contributed by atoms with Crippen LogP contribution in [0.15, 0.2) is 18.3 Å². The Balaban J connectivity index is 2.68. The molecule has 1 heterocycles. The summed E-state index contributed by atoms with van der Waals surface area (Å²) in [5.74, 6) is 0.298. The number of hydrogen-bond donors (Lipinski definition) is 2. The zero-order chi connectivity index (χ0) is 13.5. The van der Waals surface area contributed by atoms with Crippen LogP contribution in [0.2, 0.25) is 0 Å². The van der Waals surface area contributed by atoms with Gasteiger partial charge in [-0.25, -0.2) is 0 Å². The highest BCUT2D eigenvalue weighted by Gasteiger charge is 2.13. The van der Waals surface area contributed by atoms with E-state index in [0.717, 1.165) is 18.7 Å². The second-order valence-electron chi connectivity index (χ2n) is 4.86. The van der Waals surface area contributed by atoms with E-state index in [4.69, 9.17) is 0 Å². The van der Waals surface area contributed by atoms with Gasteiger partial charge in [-0.1, -0.05) is 20.8 Å². The predicted molar refractivity (Wildman–Crippen MR) is 74.8 cm³/mol. The van der Waals surface area contributed by atoms with Crippen molar-refractivity contribution in [3.63, 3.8) is 0 Å². The van der Waals surface area contributed by atoms with E-state index in [9.17, 15) is 4.79 Å². The summed E-state index contributed by atoms with van der Waals surface area (Å²) in [6.45, 7) is 9.16. The molecule has 100 valence electrons. The highest BCUT2D eigenvalue weighted by atomic mass is 16.1. The summed E-state index contributed by atoms with van der Waals surface area (Å²) >= 11 is 0. The van der Waals surface area contributed by atoms with E-state index < -0.39 is 0 Å². The van der Waals surface area contributed by atoms with Crippen LogP contribution in [-0.4, -0.2) is 23.5 Å². The van der Waals surface area contributed by atoms with Crippen LogP contribution in [0.1, 0.15) is 44.6 Å². The SMILES string of the molecule is CCCNc1ccnc(C(=O)NC(C)C(C)C)c1. The molecule has 0 fully saturated rings. The Kier molecular flexibility index (Phi) is 5.62. The molecule has 0 bridgehead atoms. The zero-order valence-corrected chi connectivity index (χ0v) is 11.7. The van der Waals surface area contributed by atoms with Crippen LogP contribution in [0.25, 0.3) is 0 Å². The number of aromatic nitrogens is 1. The van der Waals surface area contributed by atoms with Crippen LogP contribution in [0.3, 0.4) is 0 Å². The van der Waals surface area contributed by atoms with Crippen LogP contribution < -0.4 is 10.6 Å². The molecule has 2 N–H and O–H groups in total. The minimum Gasteiger partial charge on any atom is -0.385 e. The van der Waals surface area contributed by atoms with E-state index in [1.165, 1.54) is 0 Å². The number of amides is 1. The Morgan fingerprint density at radius 2 is 2.11 bits per heavy atom. The summed E-state index contributed by atoms with van der Waals surface area (Å²) in [4.78, 5) is 16.1. The number of pyridine rings is 1. The standard InChI is InChI=1S/C14H23N3O/c1-5-7-15-12-6-8-16-13(9-12)14(18)17-11(4)10(2)3/h6,8-11H,5,7H2,1-4H3,(H,15,16)(H,17,18). The largest absolute Gasteiger partial charge is 0.385 e. The fraction of sp³-hybridized carbons (Fsp3) is 0.571. The van der Waals surface area contributed by atoms with Crippen LogP contribution in [0, 0.1) is 5.92 Å². The maximum Gasteiger partial charge on any atom is 0.270 e. The second-order valence-corrected chi connectivity index (χ2v) is 4.86. The second kappa shape index (κ2) is 6.99. The van der Waals surface area contributed by atoms with Crippen LogP contribution in [0.4, 0.5) is 5.69 Å². The van der Waals surface area contributed by atoms with Gasteiger partial charge in [0.25, 0.3) is 5.91 Å². The minimum absolute atomic E-state index is 0.114. The molecule has 1 aromatic rings. The number of carbonyl (C=O) groups is 1. The lowest BCUT2D eigenvalue weighted by atomic mass is 10.1. The van der Waals surface area contributed by atoms with Crippen molar-refractivity contribution in [1.29, 1.82) is 0 Å². The molecule has 0 saturated carbocycles. The monoisotopic (exact) mass is 249 g/mol. The van der Waals surface area contributed by atoms with Crippen LogP contribution >= 0.6 is 0 Å². The molecule has 0 aliphatic rings. The molecule has 1 unspecified atom stereocenters. The molecule has 4 nitrogen and oxygen atoms in total. The lowest BCUT2D eigenvalue weighted by Gasteiger charge is -2.17. The molecule has 1 aromatic heterocycles. The van der Waals surface area contributed by atoms with Gasteiger partial charge >= 0.3 is 0 Å². The summed E-state index contributed by atoms with van der Waals surface area (Å²) in [5, 5.41) is 6.20. The molecule has 0 aliphatic carbocycles. The van der Waals surface area contributed by atoms with E-state index in [1.54, 1.807) is 12.3 Å². The Bertz CT molecular complexity index is 390. The van der Waals surface area contributed by atoms with Gasteiger partial charge < -0.3 is 10.6 Å². The summed E-state index contributed by atoms with van der Waals surface area (Å²) in [5.41, 5.74) is 1.40. The van der Waals surface area contributed by atoms with Gasteiger partial charge in [-0.05, 0) is 31.4 Å². The molecule has 0 aromatic carbocycles. The fourth-order valence-electron chi connectivity index (χ4n) is 1.38. The maximum absolute atomic E-state index is 12.0. The number of nitrogens with one attached hydrogen (secondary N) is 2. The van der Waals surface area contributed by atoms with Gasteiger partial charge in [0.2, 0.25) is 0 Å². The average molecular weight is 249 g/mol. The van der Waals surface area contributed by atoms with Crippen molar-refractivity contribution in [3.8, 4) is 0 Å². The van der Waals surface area contributed by atoms with Crippen LogP contribution in [-0.2, 0) is 0 Å². The van der Waals surface area contributed by atoms with Gasteiger partial charge in [0, 0.05) is 24.5 Å². The van der Waals surface area contributed by atoms with Crippen molar-refractivity contribution in [2.75, 3.05) is 11.9 Å². The third-order valence-corrected chi connectivity index (χ3v) is 2.93. The van der Waals surface area contributed by atoms with Gasteiger partial charge in [-0.2, -0.15) is 0 Å².